The van der Waals surface area contributed by atoms with Crippen molar-refractivity contribution >= 4 is 11.8 Å². The van der Waals surface area contributed by atoms with Crippen molar-refractivity contribution < 1.29 is 4.42 Å². The number of rotatable bonds is 4. The van der Waals surface area contributed by atoms with Crippen LogP contribution < -0.4 is 5.56 Å². The zero-order valence-corrected chi connectivity index (χ0v) is 15.0. The number of aromatic nitrogens is 3. The summed E-state index contributed by atoms with van der Waals surface area (Å²) in [6, 6.07) is 8.06. The van der Waals surface area contributed by atoms with Crippen molar-refractivity contribution in [2.75, 3.05) is 0 Å². The number of hydrogen-bond acceptors (Lipinski definition) is 5. The Labute approximate surface area is 144 Å². The molecule has 6 heteroatoms. The molecular weight excluding hydrogens is 322 g/mol. The Morgan fingerprint density at radius 3 is 2.67 bits per heavy atom. The van der Waals surface area contributed by atoms with E-state index in [1.807, 2.05) is 45.0 Å². The Hall–Kier alpha value is -2.34. The van der Waals surface area contributed by atoms with Crippen molar-refractivity contribution in [1.29, 1.82) is 0 Å². The number of hydrogen-bond donors (Lipinski definition) is 1. The molecule has 3 rings (SSSR count). The van der Waals surface area contributed by atoms with Crippen molar-refractivity contribution in [2.45, 2.75) is 38.6 Å². The number of thioether (sulfide) groups is 1. The van der Waals surface area contributed by atoms with Crippen LogP contribution in [0.1, 0.15) is 28.3 Å². The highest BCUT2D eigenvalue weighted by atomic mass is 32.2. The lowest BCUT2D eigenvalue weighted by Gasteiger charge is -2.02. The second-order valence-electron chi connectivity index (χ2n) is 5.76. The maximum atomic E-state index is 11.8. The van der Waals surface area contributed by atoms with E-state index in [0.29, 0.717) is 22.4 Å². The summed E-state index contributed by atoms with van der Waals surface area (Å²) >= 11 is 1.45. The molecule has 0 bridgehead atoms. The van der Waals surface area contributed by atoms with Crippen LogP contribution in [-0.2, 0) is 5.75 Å². The fourth-order valence-corrected chi connectivity index (χ4v) is 3.20. The number of H-pyrrole nitrogens is 1. The lowest BCUT2D eigenvalue weighted by Crippen LogP contribution is -2.14. The van der Waals surface area contributed by atoms with Gasteiger partial charge in [-0.25, -0.2) is 9.97 Å². The van der Waals surface area contributed by atoms with Gasteiger partial charge in [0.05, 0.1) is 5.69 Å². The Morgan fingerprint density at radius 1 is 1.17 bits per heavy atom. The molecule has 0 aliphatic rings. The van der Waals surface area contributed by atoms with Gasteiger partial charge in [-0.2, -0.15) is 0 Å². The van der Waals surface area contributed by atoms with Gasteiger partial charge in [0.2, 0.25) is 5.89 Å². The molecule has 2 aromatic heterocycles. The second-order valence-corrected chi connectivity index (χ2v) is 6.73. The predicted octanol–water partition coefficient (Wildman–Crippen LogP) is 3.95. The van der Waals surface area contributed by atoms with Gasteiger partial charge in [0, 0.05) is 22.6 Å². The van der Waals surface area contributed by atoms with Gasteiger partial charge >= 0.3 is 0 Å². The third-order valence-electron chi connectivity index (χ3n) is 3.88. The molecule has 0 spiro atoms. The zero-order chi connectivity index (χ0) is 17.3. The summed E-state index contributed by atoms with van der Waals surface area (Å²) in [6.45, 7) is 7.55. The summed E-state index contributed by atoms with van der Waals surface area (Å²) < 4.78 is 5.79. The summed E-state index contributed by atoms with van der Waals surface area (Å²) in [6.07, 6.45) is 0. The molecule has 1 aromatic carbocycles. The van der Waals surface area contributed by atoms with Crippen LogP contribution in [0.2, 0.25) is 0 Å². The maximum absolute atomic E-state index is 11.8. The predicted molar refractivity (Wildman–Crippen MR) is 95.3 cm³/mol. The van der Waals surface area contributed by atoms with Crippen LogP contribution in [0.15, 0.2) is 38.6 Å². The van der Waals surface area contributed by atoms with E-state index in [-0.39, 0.29) is 5.56 Å². The summed E-state index contributed by atoms with van der Waals surface area (Å²) in [5.74, 6) is 1.99. The molecule has 2 heterocycles. The van der Waals surface area contributed by atoms with Crippen molar-refractivity contribution in [3.8, 4) is 11.5 Å². The van der Waals surface area contributed by atoms with Gasteiger partial charge in [-0.1, -0.05) is 29.5 Å². The van der Waals surface area contributed by atoms with E-state index in [9.17, 15) is 4.79 Å². The molecule has 24 heavy (non-hydrogen) atoms. The molecule has 0 aliphatic heterocycles. The first-order valence-electron chi connectivity index (χ1n) is 7.67. The fraction of sp³-hybridized carbons (Fsp3) is 0.278. The number of aromatic amines is 1. The van der Waals surface area contributed by atoms with Gasteiger partial charge in [0.25, 0.3) is 5.56 Å². The molecule has 0 unspecified atom stereocenters. The zero-order valence-electron chi connectivity index (χ0n) is 14.1. The summed E-state index contributed by atoms with van der Waals surface area (Å²) in [4.78, 5) is 23.6. The highest BCUT2D eigenvalue weighted by molar-refractivity contribution is 7.98. The molecule has 0 amide bonds. The number of benzene rings is 1. The molecule has 5 nitrogen and oxygen atoms in total. The topological polar surface area (TPSA) is 71.8 Å². The van der Waals surface area contributed by atoms with Crippen LogP contribution in [0.3, 0.4) is 0 Å². The van der Waals surface area contributed by atoms with Gasteiger partial charge in [-0.15, -0.1) is 0 Å². The number of nitrogens with one attached hydrogen (secondary N) is 1. The molecule has 0 saturated heterocycles. The van der Waals surface area contributed by atoms with Gasteiger partial charge in [0.1, 0.15) is 5.76 Å². The van der Waals surface area contributed by atoms with Crippen LogP contribution in [0.5, 0.6) is 0 Å². The van der Waals surface area contributed by atoms with Gasteiger partial charge in [0.15, 0.2) is 5.16 Å². The van der Waals surface area contributed by atoms with Crippen LogP contribution >= 0.6 is 11.8 Å². The van der Waals surface area contributed by atoms with Crippen LogP contribution in [-0.4, -0.2) is 15.0 Å². The van der Waals surface area contributed by atoms with Crippen LogP contribution in [0, 0.1) is 27.7 Å². The Morgan fingerprint density at radius 2 is 1.96 bits per heavy atom. The van der Waals surface area contributed by atoms with E-state index < -0.39 is 0 Å². The summed E-state index contributed by atoms with van der Waals surface area (Å²) in [7, 11) is 0. The highest BCUT2D eigenvalue weighted by Crippen LogP contribution is 2.26. The maximum Gasteiger partial charge on any atom is 0.254 e. The fourth-order valence-electron chi connectivity index (χ4n) is 2.29. The number of oxazole rings is 1. The van der Waals surface area contributed by atoms with E-state index in [1.165, 1.54) is 11.8 Å². The molecular formula is C18H19N3O2S. The minimum Gasteiger partial charge on any atom is -0.441 e. The third kappa shape index (κ3) is 3.43. The molecule has 0 radical (unpaired) electrons. The SMILES string of the molecule is Cc1cccc(-c2nc(CSc3nc(C)c(C)c(=O)[nH]3)c(C)o2)c1. The summed E-state index contributed by atoms with van der Waals surface area (Å²) in [5, 5.41) is 0.600. The normalized spacial score (nSPS) is 11.0. The van der Waals surface area contributed by atoms with Gasteiger partial charge in [-0.05, 0) is 39.8 Å². The van der Waals surface area contributed by atoms with E-state index in [1.54, 1.807) is 6.92 Å². The monoisotopic (exact) mass is 341 g/mol. The standard InChI is InChI=1S/C18H19N3O2S/c1-10-6-5-7-14(8-10)17-20-15(13(4)23-17)9-24-18-19-12(3)11(2)16(22)21-18/h5-8H,9H2,1-4H3,(H,19,21,22). The minimum atomic E-state index is -0.0951. The second kappa shape index (κ2) is 6.65. The van der Waals surface area contributed by atoms with Crippen LogP contribution in [0.25, 0.3) is 11.5 Å². The third-order valence-corrected chi connectivity index (χ3v) is 4.76. The van der Waals surface area contributed by atoms with Crippen molar-refractivity contribution in [1.82, 2.24) is 15.0 Å². The Balaban J connectivity index is 1.80. The van der Waals surface area contributed by atoms with E-state index >= 15 is 0 Å². The quantitative estimate of drug-likeness (QED) is 0.574. The largest absolute Gasteiger partial charge is 0.441 e. The van der Waals surface area contributed by atoms with Gasteiger partial charge in [-0.3, -0.25) is 4.79 Å². The Bertz CT molecular complexity index is 944. The minimum absolute atomic E-state index is 0.0951. The molecule has 0 fully saturated rings. The lowest BCUT2D eigenvalue weighted by molar-refractivity contribution is 0.540. The number of nitrogens with zero attached hydrogens (tertiary/aromatic N) is 2. The van der Waals surface area contributed by atoms with Crippen molar-refractivity contribution in [3.63, 3.8) is 0 Å². The smallest absolute Gasteiger partial charge is 0.254 e. The molecule has 1 N–H and O–H groups in total. The van der Waals surface area contributed by atoms with E-state index in [4.69, 9.17) is 4.42 Å². The van der Waals surface area contributed by atoms with Crippen molar-refractivity contribution in [2.24, 2.45) is 0 Å². The van der Waals surface area contributed by atoms with E-state index in [2.05, 4.69) is 15.0 Å². The molecule has 0 atom stereocenters. The number of aryl methyl sites for hydroxylation is 3. The molecule has 0 aliphatic carbocycles. The average molecular weight is 341 g/mol. The highest BCUT2D eigenvalue weighted by Gasteiger charge is 2.13. The first-order valence-corrected chi connectivity index (χ1v) is 8.66. The molecule has 3 aromatic rings. The average Bonchev–Trinajstić information content (AvgIpc) is 2.91. The lowest BCUT2D eigenvalue weighted by atomic mass is 10.1. The Kier molecular flexibility index (Phi) is 4.57. The summed E-state index contributed by atoms with van der Waals surface area (Å²) in [5.41, 5.74) is 4.29. The van der Waals surface area contributed by atoms with E-state index in [0.717, 1.165) is 28.3 Å². The van der Waals surface area contributed by atoms with Gasteiger partial charge < -0.3 is 9.40 Å². The first kappa shape index (κ1) is 16.5. The first-order chi connectivity index (χ1) is 11.4. The van der Waals surface area contributed by atoms with Crippen LogP contribution in [0.4, 0.5) is 0 Å². The molecule has 0 saturated carbocycles. The molecule has 124 valence electrons. The van der Waals surface area contributed by atoms with Crippen molar-refractivity contribution in [3.05, 3.63) is 62.9 Å².